The van der Waals surface area contributed by atoms with Gasteiger partial charge in [0.05, 0.1) is 31.3 Å². The fourth-order valence-electron chi connectivity index (χ4n) is 3.29. The van der Waals surface area contributed by atoms with E-state index in [0.29, 0.717) is 6.54 Å². The predicted octanol–water partition coefficient (Wildman–Crippen LogP) is -0.346. The van der Waals surface area contributed by atoms with E-state index in [1.807, 2.05) is 6.92 Å². The van der Waals surface area contributed by atoms with Crippen LogP contribution in [0.4, 0.5) is 5.82 Å². The molecule has 6 N–H and O–H groups in total. The van der Waals surface area contributed by atoms with Crippen LogP contribution in [0.1, 0.15) is 46.1 Å². The third-order valence-electron chi connectivity index (χ3n) is 5.10. The van der Waals surface area contributed by atoms with Crippen LogP contribution >= 0.6 is 0 Å². The molecule has 34 heavy (non-hydrogen) atoms. The fourth-order valence-corrected chi connectivity index (χ4v) is 3.29. The molecule has 1 aromatic rings. The zero-order valence-corrected chi connectivity index (χ0v) is 20.0. The second-order valence-corrected chi connectivity index (χ2v) is 8.01. The van der Waals surface area contributed by atoms with Gasteiger partial charge >= 0.3 is 5.97 Å². The summed E-state index contributed by atoms with van der Waals surface area (Å²) in [6, 6.07) is -2.80. The Kier molecular flexibility index (Phi) is 11.9. The first-order valence-electron chi connectivity index (χ1n) is 11.1. The average Bonchev–Trinajstić information content (AvgIpc) is 2.75. The molecule has 3 atom stereocenters. The van der Waals surface area contributed by atoms with E-state index >= 15 is 0 Å². The number of hydrogen-bond acceptors (Lipinski definition) is 10. The maximum Gasteiger partial charge on any atom is 0.305 e. The van der Waals surface area contributed by atoms with Crippen LogP contribution in [0.2, 0.25) is 0 Å². The number of rotatable bonds is 15. The standard InChI is InChI=1S/C21H35N7O6/c1-5-8-27(4)12-17(29)14(10-18(30)31)25-20(32)16(6-2)28-9-7-23-19(21(28)33)24-11-15(26-34)13(3)22/h7,9,13-14,16,34H,5-6,8,10-12,22H2,1-4H3,(H,23,24)(H,25,32)(H,30,31)/b26-15-. The van der Waals surface area contributed by atoms with Gasteiger partial charge < -0.3 is 26.7 Å². The van der Waals surface area contributed by atoms with Crippen LogP contribution in [0.25, 0.3) is 0 Å². The van der Waals surface area contributed by atoms with Crippen molar-refractivity contribution < 1.29 is 24.7 Å². The SMILES string of the molecule is CCCN(C)CC(=O)C(CC(=O)O)NC(=O)C(CC)n1ccnc(NC/C(=N/O)C(C)N)c1=O. The number of nitrogens with zero attached hydrogens (tertiary/aromatic N) is 4. The average molecular weight is 482 g/mol. The zero-order chi connectivity index (χ0) is 25.8. The van der Waals surface area contributed by atoms with Crippen LogP contribution in [0, 0.1) is 0 Å². The van der Waals surface area contributed by atoms with Crippen molar-refractivity contribution >= 4 is 29.2 Å². The van der Waals surface area contributed by atoms with Gasteiger partial charge in [-0.15, -0.1) is 0 Å². The summed E-state index contributed by atoms with van der Waals surface area (Å²) in [5.74, 6) is -2.41. The number of nitrogens with one attached hydrogen (secondary N) is 2. The van der Waals surface area contributed by atoms with Crippen LogP contribution < -0.4 is 21.9 Å². The Balaban J connectivity index is 3.09. The Labute approximate surface area is 198 Å². The smallest absolute Gasteiger partial charge is 0.305 e. The first-order chi connectivity index (χ1) is 16.0. The topological polar surface area (TPSA) is 192 Å². The molecular formula is C21H35N7O6. The van der Waals surface area contributed by atoms with Crippen LogP contribution in [-0.2, 0) is 14.4 Å². The monoisotopic (exact) mass is 481 g/mol. The molecule has 0 saturated heterocycles. The summed E-state index contributed by atoms with van der Waals surface area (Å²) < 4.78 is 1.15. The number of anilines is 1. The van der Waals surface area contributed by atoms with Gasteiger partial charge in [0.25, 0.3) is 5.56 Å². The molecule has 13 heteroatoms. The molecule has 0 aliphatic carbocycles. The van der Waals surface area contributed by atoms with E-state index in [2.05, 4.69) is 20.8 Å². The third kappa shape index (κ3) is 8.56. The molecule has 13 nitrogen and oxygen atoms in total. The maximum absolute atomic E-state index is 13.0. The van der Waals surface area contributed by atoms with Gasteiger partial charge in [0.1, 0.15) is 6.04 Å². The maximum atomic E-state index is 13.0. The zero-order valence-electron chi connectivity index (χ0n) is 20.0. The number of carboxylic acids is 1. The lowest BCUT2D eigenvalue weighted by Crippen LogP contribution is -2.49. The molecule has 0 bridgehead atoms. The lowest BCUT2D eigenvalue weighted by atomic mass is 10.1. The van der Waals surface area contributed by atoms with Gasteiger partial charge in [-0.1, -0.05) is 19.0 Å². The number of Topliss-reactive ketones (excluding diaryl/α,β-unsaturated/α-hetero) is 1. The number of nitrogens with two attached hydrogens (primary N) is 1. The fraction of sp³-hybridized carbons (Fsp3) is 0.619. The number of aliphatic carboxylic acids is 1. The van der Waals surface area contributed by atoms with Crippen LogP contribution in [-0.4, -0.2) is 86.9 Å². The molecule has 1 heterocycles. The highest BCUT2D eigenvalue weighted by Gasteiger charge is 2.28. The van der Waals surface area contributed by atoms with E-state index in [9.17, 15) is 24.3 Å². The second-order valence-electron chi connectivity index (χ2n) is 8.01. The molecule has 1 aromatic heterocycles. The number of oxime groups is 1. The second kappa shape index (κ2) is 14.1. The minimum atomic E-state index is -1.23. The summed E-state index contributed by atoms with van der Waals surface area (Å²) in [6.07, 6.45) is 3.09. The highest BCUT2D eigenvalue weighted by molar-refractivity contribution is 5.94. The molecule has 0 aliphatic rings. The quantitative estimate of drug-likeness (QED) is 0.126. The number of ketones is 1. The third-order valence-corrected chi connectivity index (χ3v) is 5.10. The number of carbonyl (C=O) groups excluding carboxylic acids is 2. The van der Waals surface area contributed by atoms with E-state index in [1.165, 1.54) is 12.4 Å². The van der Waals surface area contributed by atoms with Crippen molar-refractivity contribution in [2.45, 2.75) is 58.2 Å². The largest absolute Gasteiger partial charge is 0.481 e. The summed E-state index contributed by atoms with van der Waals surface area (Å²) in [5.41, 5.74) is 5.26. The lowest BCUT2D eigenvalue weighted by molar-refractivity contribution is -0.140. The van der Waals surface area contributed by atoms with E-state index in [-0.39, 0.29) is 31.0 Å². The molecule has 0 aromatic carbocycles. The van der Waals surface area contributed by atoms with Crippen molar-refractivity contribution in [3.63, 3.8) is 0 Å². The summed E-state index contributed by atoms with van der Waals surface area (Å²) in [6.45, 7) is 5.84. The van der Waals surface area contributed by atoms with Gasteiger partial charge in [0.2, 0.25) is 5.91 Å². The Morgan fingerprint density at radius 1 is 1.32 bits per heavy atom. The van der Waals surface area contributed by atoms with Gasteiger partial charge in [-0.2, -0.15) is 0 Å². The molecule has 0 aliphatic heterocycles. The summed E-state index contributed by atoms with van der Waals surface area (Å²) >= 11 is 0. The van der Waals surface area contributed by atoms with Crippen molar-refractivity contribution in [3.8, 4) is 0 Å². The van der Waals surface area contributed by atoms with Crippen molar-refractivity contribution in [1.82, 2.24) is 19.8 Å². The first kappa shape index (κ1) is 28.7. The highest BCUT2D eigenvalue weighted by Crippen LogP contribution is 2.11. The number of likely N-dealkylation sites (N-methyl/N-ethyl adjacent to an activating group) is 1. The Bertz CT molecular complexity index is 930. The molecule has 1 amide bonds. The van der Waals surface area contributed by atoms with Gasteiger partial charge in [0, 0.05) is 18.4 Å². The summed E-state index contributed by atoms with van der Waals surface area (Å²) in [4.78, 5) is 55.6. The van der Waals surface area contributed by atoms with Gasteiger partial charge in [-0.25, -0.2) is 4.98 Å². The normalized spacial score (nSPS) is 14.4. The van der Waals surface area contributed by atoms with E-state index in [1.54, 1.807) is 25.8 Å². The Morgan fingerprint density at radius 3 is 2.53 bits per heavy atom. The van der Waals surface area contributed by atoms with Crippen LogP contribution in [0.5, 0.6) is 0 Å². The van der Waals surface area contributed by atoms with Crippen LogP contribution in [0.15, 0.2) is 22.3 Å². The molecule has 0 fully saturated rings. The van der Waals surface area contributed by atoms with E-state index < -0.39 is 47.8 Å². The number of aromatic nitrogens is 2. The molecule has 190 valence electrons. The van der Waals surface area contributed by atoms with Crippen molar-refractivity contribution in [1.29, 1.82) is 0 Å². The molecule has 0 radical (unpaired) electrons. The highest BCUT2D eigenvalue weighted by atomic mass is 16.4. The molecule has 1 rings (SSSR count). The Morgan fingerprint density at radius 2 is 2.00 bits per heavy atom. The van der Waals surface area contributed by atoms with E-state index in [0.717, 1.165) is 11.0 Å². The summed E-state index contributed by atoms with van der Waals surface area (Å²) in [5, 5.41) is 26.5. The number of amides is 1. The molecule has 0 saturated carbocycles. The van der Waals surface area contributed by atoms with Crippen LogP contribution in [0.3, 0.4) is 0 Å². The minimum absolute atomic E-state index is 0.0135. The minimum Gasteiger partial charge on any atom is -0.481 e. The lowest BCUT2D eigenvalue weighted by Gasteiger charge is -2.24. The van der Waals surface area contributed by atoms with E-state index in [4.69, 9.17) is 10.9 Å². The molecular weight excluding hydrogens is 446 g/mol. The summed E-state index contributed by atoms with van der Waals surface area (Å²) in [7, 11) is 1.74. The number of carbonyl (C=O) groups is 3. The first-order valence-corrected chi connectivity index (χ1v) is 11.1. The van der Waals surface area contributed by atoms with Crippen molar-refractivity contribution in [3.05, 3.63) is 22.7 Å². The molecule has 3 unspecified atom stereocenters. The van der Waals surface area contributed by atoms with Crippen molar-refractivity contribution in [2.75, 3.05) is 32.0 Å². The van der Waals surface area contributed by atoms with Crippen molar-refractivity contribution in [2.24, 2.45) is 10.9 Å². The predicted molar refractivity (Wildman–Crippen MR) is 126 cm³/mol. The number of hydrogen-bond donors (Lipinski definition) is 5. The van der Waals surface area contributed by atoms with Gasteiger partial charge in [-0.3, -0.25) is 28.6 Å². The van der Waals surface area contributed by atoms with Gasteiger partial charge in [-0.05, 0) is 33.4 Å². The Hall–Kier alpha value is -3.32. The molecule has 0 spiro atoms. The number of carboxylic acid groups (broad SMARTS) is 1. The van der Waals surface area contributed by atoms with Gasteiger partial charge in [0.15, 0.2) is 11.6 Å².